The zero-order valence-electron chi connectivity index (χ0n) is 18.2. The second-order valence-corrected chi connectivity index (χ2v) is 7.18. The first-order valence-electron chi connectivity index (χ1n) is 10.2. The highest BCUT2D eigenvalue weighted by molar-refractivity contribution is 6.10. The Bertz CT molecular complexity index is 1330. The summed E-state index contributed by atoms with van der Waals surface area (Å²) in [6.07, 6.45) is 4.44. The molecule has 0 aliphatic heterocycles. The average Bonchev–Trinajstić information content (AvgIpc) is 2.82. The number of carbonyl (C=O) groups is 1. The van der Waals surface area contributed by atoms with Crippen molar-refractivity contribution in [3.05, 3.63) is 42.9 Å². The van der Waals surface area contributed by atoms with Gasteiger partial charge in [-0.15, -0.1) is 0 Å². The fourth-order valence-corrected chi connectivity index (χ4v) is 3.50. The number of nitrogens with one attached hydrogen (secondary N) is 1. The number of aromatic nitrogens is 3. The second kappa shape index (κ2) is 9.43. The van der Waals surface area contributed by atoms with Gasteiger partial charge in [0.05, 0.1) is 38.2 Å². The summed E-state index contributed by atoms with van der Waals surface area (Å²) in [5, 5.41) is 13.4. The SMILES string of the molecule is COc1cc2ncc3c(N)nc(-c4cncc(OCCCNC(=O)O)c4)cc3c2cc1OC. The maximum absolute atomic E-state index is 10.5. The van der Waals surface area contributed by atoms with Gasteiger partial charge in [-0.2, -0.15) is 0 Å². The Morgan fingerprint density at radius 2 is 1.82 bits per heavy atom. The van der Waals surface area contributed by atoms with E-state index >= 15 is 0 Å². The quantitative estimate of drug-likeness (QED) is 0.272. The van der Waals surface area contributed by atoms with Gasteiger partial charge in [0, 0.05) is 41.3 Å². The van der Waals surface area contributed by atoms with E-state index in [9.17, 15) is 4.79 Å². The number of anilines is 1. The van der Waals surface area contributed by atoms with Gasteiger partial charge in [-0.25, -0.2) is 9.78 Å². The first kappa shape index (κ1) is 21.9. The molecule has 0 radical (unpaired) electrons. The molecule has 0 aliphatic rings. The molecule has 10 heteroatoms. The molecule has 0 saturated carbocycles. The maximum atomic E-state index is 10.5. The molecule has 1 aromatic carbocycles. The molecule has 4 N–H and O–H groups in total. The molecular weight excluding hydrogens is 426 g/mol. The smallest absolute Gasteiger partial charge is 0.404 e. The predicted molar refractivity (Wildman–Crippen MR) is 124 cm³/mol. The number of nitrogens with two attached hydrogens (primary N) is 1. The number of ether oxygens (including phenoxy) is 3. The molecule has 0 aliphatic carbocycles. The van der Waals surface area contributed by atoms with Crippen LogP contribution in [0.2, 0.25) is 0 Å². The van der Waals surface area contributed by atoms with E-state index < -0.39 is 6.09 Å². The first-order valence-corrected chi connectivity index (χ1v) is 10.2. The highest BCUT2D eigenvalue weighted by Crippen LogP contribution is 2.37. The van der Waals surface area contributed by atoms with E-state index in [0.717, 1.165) is 27.2 Å². The maximum Gasteiger partial charge on any atom is 0.404 e. The summed E-state index contributed by atoms with van der Waals surface area (Å²) in [7, 11) is 3.16. The molecule has 4 aromatic rings. The molecule has 170 valence electrons. The number of carboxylic acid groups (broad SMARTS) is 1. The van der Waals surface area contributed by atoms with Crippen LogP contribution >= 0.6 is 0 Å². The van der Waals surface area contributed by atoms with E-state index in [2.05, 4.69) is 20.3 Å². The summed E-state index contributed by atoms with van der Waals surface area (Å²) >= 11 is 0. The molecule has 0 spiro atoms. The van der Waals surface area contributed by atoms with Gasteiger partial charge >= 0.3 is 6.09 Å². The van der Waals surface area contributed by atoms with Gasteiger partial charge in [0.15, 0.2) is 11.5 Å². The Morgan fingerprint density at radius 3 is 2.58 bits per heavy atom. The summed E-state index contributed by atoms with van der Waals surface area (Å²) < 4.78 is 16.5. The molecule has 0 saturated heterocycles. The van der Waals surface area contributed by atoms with E-state index in [1.807, 2.05) is 24.3 Å². The van der Waals surface area contributed by atoms with Crippen LogP contribution in [-0.2, 0) is 0 Å². The Labute approximate surface area is 189 Å². The molecule has 0 fully saturated rings. The molecule has 33 heavy (non-hydrogen) atoms. The minimum Gasteiger partial charge on any atom is -0.493 e. The second-order valence-electron chi connectivity index (χ2n) is 7.18. The van der Waals surface area contributed by atoms with Crippen molar-refractivity contribution < 1.29 is 24.1 Å². The van der Waals surface area contributed by atoms with Crippen LogP contribution in [-0.4, -0.2) is 53.5 Å². The van der Waals surface area contributed by atoms with E-state index in [4.69, 9.17) is 25.1 Å². The zero-order valence-corrected chi connectivity index (χ0v) is 18.2. The number of benzene rings is 1. The number of hydrogen-bond acceptors (Lipinski definition) is 8. The van der Waals surface area contributed by atoms with Crippen molar-refractivity contribution in [1.82, 2.24) is 20.3 Å². The van der Waals surface area contributed by atoms with Crippen LogP contribution in [0.1, 0.15) is 6.42 Å². The average molecular weight is 449 g/mol. The van der Waals surface area contributed by atoms with E-state index in [1.165, 1.54) is 0 Å². The van der Waals surface area contributed by atoms with Gasteiger partial charge in [0.25, 0.3) is 0 Å². The van der Waals surface area contributed by atoms with Gasteiger partial charge in [0.2, 0.25) is 0 Å². The first-order chi connectivity index (χ1) is 16.0. The van der Waals surface area contributed by atoms with Gasteiger partial charge in [0.1, 0.15) is 11.6 Å². The van der Waals surface area contributed by atoms with Crippen LogP contribution in [0, 0.1) is 0 Å². The summed E-state index contributed by atoms with van der Waals surface area (Å²) in [4.78, 5) is 23.8. The minimum atomic E-state index is -1.06. The van der Waals surface area contributed by atoms with Crippen LogP contribution in [0.5, 0.6) is 17.2 Å². The number of amides is 1. The third-order valence-corrected chi connectivity index (χ3v) is 5.09. The number of nitrogens with zero attached hydrogens (tertiary/aromatic N) is 3. The van der Waals surface area contributed by atoms with Crippen molar-refractivity contribution in [2.24, 2.45) is 0 Å². The van der Waals surface area contributed by atoms with Gasteiger partial charge in [-0.1, -0.05) is 0 Å². The van der Waals surface area contributed by atoms with Crippen LogP contribution in [0.4, 0.5) is 10.6 Å². The lowest BCUT2D eigenvalue weighted by atomic mass is 10.0. The molecule has 3 aromatic heterocycles. The summed E-state index contributed by atoms with van der Waals surface area (Å²) in [5.74, 6) is 2.07. The molecule has 4 rings (SSSR count). The fourth-order valence-electron chi connectivity index (χ4n) is 3.50. The van der Waals surface area contributed by atoms with Crippen molar-refractivity contribution in [3.63, 3.8) is 0 Å². The number of fused-ring (bicyclic) bond motifs is 3. The van der Waals surface area contributed by atoms with Gasteiger partial charge in [-0.3, -0.25) is 9.97 Å². The largest absolute Gasteiger partial charge is 0.493 e. The summed E-state index contributed by atoms with van der Waals surface area (Å²) in [6, 6.07) is 7.44. The molecular formula is C23H23N5O5. The van der Waals surface area contributed by atoms with Crippen molar-refractivity contribution in [1.29, 1.82) is 0 Å². The van der Waals surface area contributed by atoms with Crippen molar-refractivity contribution in [2.75, 3.05) is 33.1 Å². The normalized spacial score (nSPS) is 10.8. The third-order valence-electron chi connectivity index (χ3n) is 5.09. The van der Waals surface area contributed by atoms with Gasteiger partial charge < -0.3 is 30.4 Å². The number of nitrogen functional groups attached to an aromatic ring is 1. The van der Waals surface area contributed by atoms with Crippen molar-refractivity contribution in [3.8, 4) is 28.5 Å². The Kier molecular flexibility index (Phi) is 6.25. The Morgan fingerprint density at radius 1 is 1.03 bits per heavy atom. The van der Waals surface area contributed by atoms with Crippen molar-refractivity contribution >= 4 is 33.6 Å². The molecule has 1 amide bonds. The van der Waals surface area contributed by atoms with Crippen LogP contribution in [0.25, 0.3) is 32.9 Å². The van der Waals surface area contributed by atoms with E-state index in [0.29, 0.717) is 48.3 Å². The summed E-state index contributed by atoms with van der Waals surface area (Å²) in [6.45, 7) is 0.650. The monoisotopic (exact) mass is 449 g/mol. The lowest BCUT2D eigenvalue weighted by Crippen LogP contribution is -2.23. The Balaban J connectivity index is 1.69. The van der Waals surface area contributed by atoms with Crippen LogP contribution in [0.15, 0.2) is 42.9 Å². The summed E-state index contributed by atoms with van der Waals surface area (Å²) in [5.41, 5.74) is 8.38. The minimum absolute atomic E-state index is 0.306. The van der Waals surface area contributed by atoms with E-state index in [1.54, 1.807) is 32.8 Å². The molecule has 10 nitrogen and oxygen atoms in total. The predicted octanol–water partition coefficient (Wildman–Crippen LogP) is 3.48. The fraction of sp³-hybridized carbons (Fsp3) is 0.217. The van der Waals surface area contributed by atoms with Crippen LogP contribution in [0.3, 0.4) is 0 Å². The third kappa shape index (κ3) is 4.64. The molecule has 0 unspecified atom stereocenters. The lowest BCUT2D eigenvalue weighted by molar-refractivity contribution is 0.193. The molecule has 0 bridgehead atoms. The number of rotatable bonds is 8. The Hall–Kier alpha value is -4.34. The highest BCUT2D eigenvalue weighted by Gasteiger charge is 2.14. The number of hydrogen-bond donors (Lipinski definition) is 3. The standard InChI is InChI=1S/C23H23N5O5/c1-31-20-8-16-15-7-18(28-22(24)17(15)12-27-19(16)9-21(20)32-2)13-6-14(11-25-10-13)33-5-3-4-26-23(29)30/h6-12,26H,3-5H2,1-2H3,(H2,24,28)(H,29,30). The van der Waals surface area contributed by atoms with E-state index in [-0.39, 0.29) is 0 Å². The topological polar surface area (TPSA) is 142 Å². The molecule has 0 atom stereocenters. The lowest BCUT2D eigenvalue weighted by Gasteiger charge is -2.12. The van der Waals surface area contributed by atoms with Crippen molar-refractivity contribution in [2.45, 2.75) is 6.42 Å². The van der Waals surface area contributed by atoms with Gasteiger partial charge in [-0.05, 0) is 30.0 Å². The zero-order chi connectivity index (χ0) is 23.4. The highest BCUT2D eigenvalue weighted by atomic mass is 16.5. The number of pyridine rings is 3. The molecule has 3 heterocycles. The number of methoxy groups -OCH3 is 2. The van der Waals surface area contributed by atoms with Crippen LogP contribution < -0.4 is 25.3 Å².